The van der Waals surface area contributed by atoms with Crippen LogP contribution in [-0.4, -0.2) is 25.7 Å². The van der Waals surface area contributed by atoms with Gasteiger partial charge in [-0.2, -0.15) is 0 Å². The Morgan fingerprint density at radius 3 is 2.94 bits per heavy atom. The number of hydrogen-bond acceptors (Lipinski definition) is 2. The lowest BCUT2D eigenvalue weighted by Gasteiger charge is -2.27. The van der Waals surface area contributed by atoms with E-state index < -0.39 is 0 Å². The van der Waals surface area contributed by atoms with Crippen LogP contribution < -0.4 is 10.2 Å². The first kappa shape index (κ1) is 12.4. The summed E-state index contributed by atoms with van der Waals surface area (Å²) in [7, 11) is 0. The molecule has 0 aliphatic carbocycles. The molecule has 2 nitrogen and oxygen atoms in total. The molecule has 94 valence electrons. The molecule has 1 fully saturated rings. The Hall–Kier alpha value is -1.02. The summed E-state index contributed by atoms with van der Waals surface area (Å²) in [5.74, 6) is 0. The number of hydrogen-bond donors (Lipinski definition) is 1. The standard InChI is InChI=1S/C15H24N2/c1-3-7-14-12-17(11-6-10-16-14)15-9-5-4-8-13(15)2/h4-5,8-9,14,16H,3,6-7,10-12H2,1-2H3. The maximum atomic E-state index is 3.66. The second-order valence-corrected chi connectivity index (χ2v) is 5.03. The van der Waals surface area contributed by atoms with Crippen molar-refractivity contribution in [3.63, 3.8) is 0 Å². The molecule has 0 aromatic heterocycles. The molecule has 1 aliphatic rings. The summed E-state index contributed by atoms with van der Waals surface area (Å²) in [4.78, 5) is 2.55. The molecule has 0 bridgehead atoms. The van der Waals surface area contributed by atoms with Gasteiger partial charge in [-0.1, -0.05) is 31.5 Å². The highest BCUT2D eigenvalue weighted by molar-refractivity contribution is 5.53. The van der Waals surface area contributed by atoms with E-state index in [9.17, 15) is 0 Å². The third kappa shape index (κ3) is 3.22. The Morgan fingerprint density at radius 1 is 1.35 bits per heavy atom. The summed E-state index contributed by atoms with van der Waals surface area (Å²) >= 11 is 0. The number of nitrogens with one attached hydrogen (secondary N) is 1. The quantitative estimate of drug-likeness (QED) is 0.862. The molecule has 0 spiro atoms. The summed E-state index contributed by atoms with van der Waals surface area (Å²) in [5, 5.41) is 3.66. The van der Waals surface area contributed by atoms with Crippen LogP contribution in [0.3, 0.4) is 0 Å². The average molecular weight is 232 g/mol. The van der Waals surface area contributed by atoms with Crippen molar-refractivity contribution in [1.29, 1.82) is 0 Å². The molecular formula is C15H24N2. The van der Waals surface area contributed by atoms with Gasteiger partial charge in [0.1, 0.15) is 0 Å². The van der Waals surface area contributed by atoms with Crippen LogP contribution in [0.25, 0.3) is 0 Å². The Labute approximate surface area is 105 Å². The molecule has 1 unspecified atom stereocenters. The van der Waals surface area contributed by atoms with Crippen LogP contribution in [0.4, 0.5) is 5.69 Å². The van der Waals surface area contributed by atoms with Crippen LogP contribution in [0.5, 0.6) is 0 Å². The molecule has 0 saturated carbocycles. The number of nitrogens with zero attached hydrogens (tertiary/aromatic N) is 1. The van der Waals surface area contributed by atoms with E-state index in [-0.39, 0.29) is 0 Å². The fraction of sp³-hybridized carbons (Fsp3) is 0.600. The lowest BCUT2D eigenvalue weighted by Crippen LogP contribution is -2.37. The summed E-state index contributed by atoms with van der Waals surface area (Å²) in [5.41, 5.74) is 2.81. The smallest absolute Gasteiger partial charge is 0.0396 e. The first-order valence-corrected chi connectivity index (χ1v) is 6.85. The summed E-state index contributed by atoms with van der Waals surface area (Å²) < 4.78 is 0. The van der Waals surface area contributed by atoms with Gasteiger partial charge in [0.25, 0.3) is 0 Å². The van der Waals surface area contributed by atoms with Crippen molar-refractivity contribution >= 4 is 5.69 Å². The van der Waals surface area contributed by atoms with E-state index >= 15 is 0 Å². The molecule has 1 aromatic carbocycles. The van der Waals surface area contributed by atoms with Crippen LogP contribution in [0.2, 0.25) is 0 Å². The molecule has 1 N–H and O–H groups in total. The molecule has 17 heavy (non-hydrogen) atoms. The number of para-hydroxylation sites is 1. The van der Waals surface area contributed by atoms with Gasteiger partial charge >= 0.3 is 0 Å². The van der Waals surface area contributed by atoms with Gasteiger partial charge in [-0.3, -0.25) is 0 Å². The van der Waals surface area contributed by atoms with Crippen LogP contribution in [0.1, 0.15) is 31.7 Å². The van der Waals surface area contributed by atoms with E-state index in [1.165, 1.54) is 37.1 Å². The average Bonchev–Trinajstić information content (AvgIpc) is 2.56. The Bertz CT molecular complexity index is 349. The van der Waals surface area contributed by atoms with Gasteiger partial charge < -0.3 is 10.2 Å². The van der Waals surface area contributed by atoms with Gasteiger partial charge in [-0.05, 0) is 37.9 Å². The van der Waals surface area contributed by atoms with Gasteiger partial charge in [-0.25, -0.2) is 0 Å². The summed E-state index contributed by atoms with van der Waals surface area (Å²) in [6.07, 6.45) is 3.79. The van der Waals surface area contributed by atoms with Gasteiger partial charge in [0.15, 0.2) is 0 Å². The lowest BCUT2D eigenvalue weighted by molar-refractivity contribution is 0.502. The minimum absolute atomic E-state index is 0.655. The van der Waals surface area contributed by atoms with Crippen molar-refractivity contribution in [3.8, 4) is 0 Å². The van der Waals surface area contributed by atoms with E-state index in [1.54, 1.807) is 0 Å². The largest absolute Gasteiger partial charge is 0.370 e. The first-order valence-electron chi connectivity index (χ1n) is 6.85. The van der Waals surface area contributed by atoms with Crippen molar-refractivity contribution in [3.05, 3.63) is 29.8 Å². The zero-order valence-electron chi connectivity index (χ0n) is 11.1. The Balaban J connectivity index is 2.11. The van der Waals surface area contributed by atoms with Gasteiger partial charge in [0, 0.05) is 24.8 Å². The molecular weight excluding hydrogens is 208 g/mol. The minimum Gasteiger partial charge on any atom is -0.370 e. The van der Waals surface area contributed by atoms with E-state index in [1.807, 2.05) is 0 Å². The Kier molecular flexibility index (Phi) is 4.43. The third-order valence-corrected chi connectivity index (χ3v) is 3.57. The normalized spacial score (nSPS) is 21.3. The molecule has 1 heterocycles. The van der Waals surface area contributed by atoms with Gasteiger partial charge in [0.2, 0.25) is 0 Å². The van der Waals surface area contributed by atoms with E-state index in [4.69, 9.17) is 0 Å². The van der Waals surface area contributed by atoms with Gasteiger partial charge in [0.05, 0.1) is 0 Å². The number of benzene rings is 1. The van der Waals surface area contributed by atoms with Crippen molar-refractivity contribution in [1.82, 2.24) is 5.32 Å². The lowest BCUT2D eigenvalue weighted by atomic mass is 10.1. The molecule has 2 rings (SSSR count). The fourth-order valence-corrected chi connectivity index (χ4v) is 2.68. The molecule has 0 amide bonds. The van der Waals surface area contributed by atoms with Crippen molar-refractivity contribution in [2.75, 3.05) is 24.5 Å². The zero-order chi connectivity index (χ0) is 12.1. The van der Waals surface area contributed by atoms with Gasteiger partial charge in [-0.15, -0.1) is 0 Å². The Morgan fingerprint density at radius 2 is 2.18 bits per heavy atom. The van der Waals surface area contributed by atoms with Crippen LogP contribution >= 0.6 is 0 Å². The monoisotopic (exact) mass is 232 g/mol. The van der Waals surface area contributed by atoms with Crippen LogP contribution in [-0.2, 0) is 0 Å². The third-order valence-electron chi connectivity index (χ3n) is 3.57. The van der Waals surface area contributed by atoms with Crippen molar-refractivity contribution in [2.24, 2.45) is 0 Å². The highest BCUT2D eigenvalue weighted by Gasteiger charge is 2.17. The first-order chi connectivity index (χ1) is 8.31. The minimum atomic E-state index is 0.655. The highest BCUT2D eigenvalue weighted by atomic mass is 15.2. The highest BCUT2D eigenvalue weighted by Crippen LogP contribution is 2.21. The van der Waals surface area contributed by atoms with E-state index in [0.29, 0.717) is 6.04 Å². The summed E-state index contributed by atoms with van der Waals surface area (Å²) in [6.45, 7) is 7.97. The second kappa shape index (κ2) is 6.06. The van der Waals surface area contributed by atoms with Crippen molar-refractivity contribution < 1.29 is 0 Å². The SMILES string of the molecule is CCCC1CN(c2ccccc2C)CCCN1. The molecule has 1 aromatic rings. The number of anilines is 1. The van der Waals surface area contributed by atoms with Crippen LogP contribution in [0.15, 0.2) is 24.3 Å². The fourth-order valence-electron chi connectivity index (χ4n) is 2.68. The van der Waals surface area contributed by atoms with E-state index in [2.05, 4.69) is 48.3 Å². The number of rotatable bonds is 3. The van der Waals surface area contributed by atoms with Crippen LogP contribution in [0, 0.1) is 6.92 Å². The maximum Gasteiger partial charge on any atom is 0.0396 e. The molecule has 0 radical (unpaired) electrons. The topological polar surface area (TPSA) is 15.3 Å². The molecule has 2 heteroatoms. The predicted molar refractivity (Wildman–Crippen MR) is 74.7 cm³/mol. The summed E-state index contributed by atoms with van der Waals surface area (Å²) in [6, 6.07) is 9.39. The van der Waals surface area contributed by atoms with Crippen molar-refractivity contribution in [2.45, 2.75) is 39.2 Å². The molecule has 1 atom stereocenters. The van der Waals surface area contributed by atoms with E-state index in [0.717, 1.165) is 13.1 Å². The number of aryl methyl sites for hydroxylation is 1. The molecule has 1 aliphatic heterocycles. The maximum absolute atomic E-state index is 3.66. The zero-order valence-corrected chi connectivity index (χ0v) is 11.1. The molecule has 1 saturated heterocycles. The second-order valence-electron chi connectivity index (χ2n) is 5.03. The predicted octanol–water partition coefficient (Wildman–Crippen LogP) is 2.96.